The number of pyridine rings is 1. The first-order valence-electron chi connectivity index (χ1n) is 7.55. The Kier molecular flexibility index (Phi) is 3.90. The molecule has 0 spiro atoms. The van der Waals surface area contributed by atoms with E-state index in [1.54, 1.807) is 17.0 Å². The lowest BCUT2D eigenvalue weighted by Crippen LogP contribution is -2.27. The third-order valence-corrected chi connectivity index (χ3v) is 4.27. The Bertz CT molecular complexity index is 741. The third kappa shape index (κ3) is 2.84. The highest BCUT2D eigenvalue weighted by molar-refractivity contribution is 5.81. The van der Waals surface area contributed by atoms with Gasteiger partial charge >= 0.3 is 0 Å². The van der Waals surface area contributed by atoms with E-state index >= 15 is 0 Å². The molecular weight excluding hydrogens is 295 g/mol. The average Bonchev–Trinajstić information content (AvgIpc) is 2.79. The summed E-state index contributed by atoms with van der Waals surface area (Å²) in [4.78, 5) is 17.6. The molecule has 2 aromatic rings. The van der Waals surface area contributed by atoms with Crippen LogP contribution >= 0.6 is 0 Å². The van der Waals surface area contributed by atoms with E-state index in [1.807, 2.05) is 19.9 Å². The van der Waals surface area contributed by atoms with E-state index in [0.29, 0.717) is 18.7 Å². The molecule has 0 aliphatic carbocycles. The van der Waals surface area contributed by atoms with Crippen molar-refractivity contribution in [2.45, 2.75) is 32.3 Å². The van der Waals surface area contributed by atoms with E-state index in [1.165, 1.54) is 12.1 Å². The van der Waals surface area contributed by atoms with Crippen LogP contribution in [0.4, 0.5) is 10.1 Å². The maximum absolute atomic E-state index is 13.0. The van der Waals surface area contributed by atoms with E-state index in [4.69, 9.17) is 0 Å². The summed E-state index contributed by atoms with van der Waals surface area (Å²) >= 11 is 0. The number of hydrogen-bond acceptors (Lipinski definition) is 3. The summed E-state index contributed by atoms with van der Waals surface area (Å²) in [6.45, 7) is 4.47. The molecule has 120 valence electrons. The van der Waals surface area contributed by atoms with Gasteiger partial charge in [0, 0.05) is 12.0 Å². The van der Waals surface area contributed by atoms with Gasteiger partial charge in [0.15, 0.2) is 0 Å². The summed E-state index contributed by atoms with van der Waals surface area (Å²) < 4.78 is 13.0. The molecule has 1 amide bonds. The topological polar surface area (TPSA) is 53.4 Å². The lowest BCUT2D eigenvalue weighted by molar-refractivity contribution is -0.107. The highest BCUT2D eigenvalue weighted by atomic mass is 19.1. The van der Waals surface area contributed by atoms with Crippen LogP contribution in [0.15, 0.2) is 30.3 Å². The molecule has 3 rings (SSSR count). The zero-order valence-electron chi connectivity index (χ0n) is 13.2. The first kappa shape index (κ1) is 15.6. The maximum atomic E-state index is 13.0. The van der Waals surface area contributed by atoms with Gasteiger partial charge in [-0.1, -0.05) is 26.0 Å². The van der Waals surface area contributed by atoms with Crippen LogP contribution < -0.4 is 4.90 Å². The molecule has 4 nitrogen and oxygen atoms in total. The Hall–Kier alpha value is -2.27. The standard InChI is InChI=1S/C18H19FN2O2/c1-18(2)10-21(11-23)16-8-13(15(9-22)20-17(16)18)7-12-3-5-14(19)6-4-12/h3-6,8,11,22H,7,9-10H2,1-2H3. The van der Waals surface area contributed by atoms with Crippen LogP contribution in [0.1, 0.15) is 36.4 Å². The number of hydrogen-bond donors (Lipinski definition) is 1. The van der Waals surface area contributed by atoms with E-state index in [2.05, 4.69) is 4.98 Å². The molecule has 1 aromatic carbocycles. The molecule has 1 aliphatic heterocycles. The van der Waals surface area contributed by atoms with Crippen molar-refractivity contribution >= 4 is 12.1 Å². The number of aliphatic hydroxyl groups excluding tert-OH is 1. The van der Waals surface area contributed by atoms with Crippen LogP contribution in [0.25, 0.3) is 0 Å². The fourth-order valence-electron chi connectivity index (χ4n) is 3.09. The van der Waals surface area contributed by atoms with Crippen LogP contribution in [0.2, 0.25) is 0 Å². The molecule has 0 unspecified atom stereocenters. The van der Waals surface area contributed by atoms with Crippen molar-refractivity contribution in [2.24, 2.45) is 0 Å². The number of fused-ring (bicyclic) bond motifs is 1. The average molecular weight is 314 g/mol. The Morgan fingerprint density at radius 3 is 2.65 bits per heavy atom. The van der Waals surface area contributed by atoms with E-state index < -0.39 is 0 Å². The Morgan fingerprint density at radius 2 is 2.04 bits per heavy atom. The quantitative estimate of drug-likeness (QED) is 0.883. The Morgan fingerprint density at radius 1 is 1.35 bits per heavy atom. The molecule has 0 saturated carbocycles. The van der Waals surface area contributed by atoms with Crippen LogP contribution in [0.3, 0.4) is 0 Å². The largest absolute Gasteiger partial charge is 0.390 e. The number of halogens is 1. The number of carbonyl (C=O) groups is 1. The number of aliphatic hydroxyl groups is 1. The maximum Gasteiger partial charge on any atom is 0.214 e. The van der Waals surface area contributed by atoms with Crippen molar-refractivity contribution in [3.63, 3.8) is 0 Å². The summed E-state index contributed by atoms with van der Waals surface area (Å²) in [5.74, 6) is -0.280. The number of carbonyl (C=O) groups excluding carboxylic acids is 1. The molecular formula is C18H19FN2O2. The molecule has 1 N–H and O–H groups in total. The van der Waals surface area contributed by atoms with Crippen LogP contribution in [0.5, 0.6) is 0 Å². The summed E-state index contributed by atoms with van der Waals surface area (Å²) in [7, 11) is 0. The lowest BCUT2D eigenvalue weighted by atomic mass is 9.90. The minimum atomic E-state index is -0.280. The van der Waals surface area contributed by atoms with Crippen LogP contribution in [0, 0.1) is 5.82 Å². The van der Waals surface area contributed by atoms with Crippen molar-refractivity contribution in [3.05, 3.63) is 58.7 Å². The molecule has 23 heavy (non-hydrogen) atoms. The van der Waals surface area contributed by atoms with Crippen molar-refractivity contribution < 1.29 is 14.3 Å². The molecule has 0 saturated heterocycles. The first-order chi connectivity index (χ1) is 10.9. The van der Waals surface area contributed by atoms with E-state index in [-0.39, 0.29) is 17.8 Å². The predicted molar refractivity (Wildman–Crippen MR) is 85.8 cm³/mol. The fraction of sp³-hybridized carbons (Fsp3) is 0.333. The Labute approximate surface area is 134 Å². The monoisotopic (exact) mass is 314 g/mol. The minimum Gasteiger partial charge on any atom is -0.390 e. The van der Waals surface area contributed by atoms with Gasteiger partial charge in [0.1, 0.15) is 5.82 Å². The third-order valence-electron chi connectivity index (χ3n) is 4.27. The van der Waals surface area contributed by atoms with E-state index in [0.717, 1.165) is 28.9 Å². The van der Waals surface area contributed by atoms with Crippen molar-refractivity contribution in [3.8, 4) is 0 Å². The van der Waals surface area contributed by atoms with Gasteiger partial charge in [-0.25, -0.2) is 4.39 Å². The molecule has 2 heterocycles. The summed E-state index contributed by atoms with van der Waals surface area (Å²) in [5, 5.41) is 9.66. The fourth-order valence-corrected chi connectivity index (χ4v) is 3.09. The number of nitrogens with zero attached hydrogens (tertiary/aromatic N) is 2. The normalized spacial score (nSPS) is 15.6. The van der Waals surface area contributed by atoms with Gasteiger partial charge in [0.25, 0.3) is 0 Å². The number of anilines is 1. The lowest BCUT2D eigenvalue weighted by Gasteiger charge is -2.17. The molecule has 0 radical (unpaired) electrons. The summed E-state index contributed by atoms with van der Waals surface area (Å²) in [6.07, 6.45) is 1.35. The van der Waals surface area contributed by atoms with E-state index in [9.17, 15) is 14.3 Å². The predicted octanol–water partition coefficient (Wildman–Crippen LogP) is 2.56. The van der Waals surface area contributed by atoms with Gasteiger partial charge < -0.3 is 10.0 Å². The minimum absolute atomic E-state index is 0.166. The van der Waals surface area contributed by atoms with Crippen molar-refractivity contribution in [1.82, 2.24) is 4.98 Å². The molecule has 1 aliphatic rings. The van der Waals surface area contributed by atoms with Crippen LogP contribution in [-0.2, 0) is 23.2 Å². The van der Waals surface area contributed by atoms with Gasteiger partial charge in [-0.2, -0.15) is 0 Å². The molecule has 0 atom stereocenters. The van der Waals surface area contributed by atoms with Gasteiger partial charge in [0.05, 0.1) is 23.7 Å². The summed E-state index contributed by atoms with van der Waals surface area (Å²) in [5.41, 5.74) is 3.76. The van der Waals surface area contributed by atoms with Gasteiger partial charge in [-0.15, -0.1) is 0 Å². The Balaban J connectivity index is 2.04. The number of rotatable bonds is 4. The second-order valence-electron chi connectivity index (χ2n) is 6.54. The number of aromatic nitrogens is 1. The van der Waals surface area contributed by atoms with Crippen molar-refractivity contribution in [1.29, 1.82) is 0 Å². The SMILES string of the molecule is CC1(C)CN(C=O)c2cc(Cc3ccc(F)cc3)c(CO)nc21. The number of amides is 1. The molecule has 0 bridgehead atoms. The highest BCUT2D eigenvalue weighted by Crippen LogP contribution is 2.39. The summed E-state index contributed by atoms with van der Waals surface area (Å²) in [6, 6.07) is 8.17. The highest BCUT2D eigenvalue weighted by Gasteiger charge is 2.37. The zero-order valence-corrected chi connectivity index (χ0v) is 13.2. The molecule has 5 heteroatoms. The molecule has 0 fully saturated rings. The zero-order chi connectivity index (χ0) is 16.6. The van der Waals surface area contributed by atoms with Gasteiger partial charge in [-0.05, 0) is 35.7 Å². The first-order valence-corrected chi connectivity index (χ1v) is 7.55. The van der Waals surface area contributed by atoms with Crippen LogP contribution in [-0.4, -0.2) is 23.0 Å². The van der Waals surface area contributed by atoms with Crippen molar-refractivity contribution in [2.75, 3.05) is 11.4 Å². The smallest absolute Gasteiger partial charge is 0.214 e. The second-order valence-corrected chi connectivity index (χ2v) is 6.54. The molecule has 1 aromatic heterocycles. The van der Waals surface area contributed by atoms with Gasteiger partial charge in [-0.3, -0.25) is 9.78 Å². The number of benzene rings is 1. The van der Waals surface area contributed by atoms with Gasteiger partial charge in [0.2, 0.25) is 6.41 Å². The second kappa shape index (κ2) is 5.74.